The van der Waals surface area contributed by atoms with Crippen molar-refractivity contribution in [2.45, 2.75) is 37.0 Å². The molecule has 0 aromatic heterocycles. The number of carbonyl (C=O) groups is 2. The zero-order chi connectivity index (χ0) is 13.0. The monoisotopic (exact) mass is 308 g/mol. The Labute approximate surface area is 123 Å². The molecular formula is C12H21ClN2O3S. The first-order valence-electron chi connectivity index (χ1n) is 6.51. The van der Waals surface area contributed by atoms with Crippen molar-refractivity contribution < 1.29 is 14.7 Å². The van der Waals surface area contributed by atoms with Crippen molar-refractivity contribution >= 4 is 36.0 Å². The van der Waals surface area contributed by atoms with Gasteiger partial charge in [0.05, 0.1) is 6.54 Å². The molecule has 0 radical (unpaired) electrons. The van der Waals surface area contributed by atoms with E-state index in [9.17, 15) is 9.59 Å². The second kappa shape index (κ2) is 7.97. The van der Waals surface area contributed by atoms with Crippen LogP contribution in [-0.4, -0.2) is 58.6 Å². The van der Waals surface area contributed by atoms with Crippen molar-refractivity contribution in [1.82, 2.24) is 10.2 Å². The molecule has 1 aliphatic heterocycles. The number of amides is 1. The Morgan fingerprint density at radius 2 is 2.05 bits per heavy atom. The lowest BCUT2D eigenvalue weighted by Gasteiger charge is -2.43. The van der Waals surface area contributed by atoms with Crippen LogP contribution in [-0.2, 0) is 9.59 Å². The van der Waals surface area contributed by atoms with Gasteiger partial charge in [-0.2, -0.15) is 11.8 Å². The van der Waals surface area contributed by atoms with E-state index in [4.69, 9.17) is 5.11 Å². The number of aliphatic carboxylic acids is 1. The van der Waals surface area contributed by atoms with Crippen LogP contribution in [0.2, 0.25) is 0 Å². The summed E-state index contributed by atoms with van der Waals surface area (Å²) in [5.41, 5.74) is 0. The van der Waals surface area contributed by atoms with Gasteiger partial charge in [-0.25, -0.2) is 0 Å². The van der Waals surface area contributed by atoms with Gasteiger partial charge in [0.1, 0.15) is 6.54 Å². The number of fused-ring (bicyclic) bond motifs is 1. The molecule has 2 N–H and O–H groups in total. The fraction of sp³-hybridized carbons (Fsp3) is 0.833. The molecule has 7 heteroatoms. The highest BCUT2D eigenvalue weighted by Gasteiger charge is 2.34. The molecule has 110 valence electrons. The van der Waals surface area contributed by atoms with Gasteiger partial charge < -0.3 is 10.4 Å². The van der Waals surface area contributed by atoms with Crippen LogP contribution >= 0.6 is 24.2 Å². The first kappa shape index (κ1) is 16.6. The molecule has 0 aromatic rings. The Bertz CT molecular complexity index is 328. The highest BCUT2D eigenvalue weighted by Crippen LogP contribution is 2.35. The molecule has 2 atom stereocenters. The lowest BCUT2D eigenvalue weighted by Crippen LogP contribution is -2.52. The van der Waals surface area contributed by atoms with E-state index in [0.717, 1.165) is 12.3 Å². The normalized spacial score (nSPS) is 26.9. The van der Waals surface area contributed by atoms with E-state index in [0.29, 0.717) is 17.8 Å². The van der Waals surface area contributed by atoms with Crippen molar-refractivity contribution in [3.8, 4) is 0 Å². The second-order valence-corrected chi connectivity index (χ2v) is 6.25. The predicted molar refractivity (Wildman–Crippen MR) is 78.0 cm³/mol. The van der Waals surface area contributed by atoms with E-state index < -0.39 is 5.97 Å². The van der Waals surface area contributed by atoms with Gasteiger partial charge in [0.2, 0.25) is 5.91 Å². The van der Waals surface area contributed by atoms with Crippen LogP contribution in [0.15, 0.2) is 0 Å². The standard InChI is InChI=1S/C12H20N2O3S.ClH/c15-11(13-7-12(16)17)8-14-5-6-18-10-4-2-1-3-9(10)14;/h9-10H,1-8H2,(H,13,15)(H,16,17);1H. The minimum absolute atomic E-state index is 0. The first-order chi connectivity index (χ1) is 8.66. The zero-order valence-corrected chi connectivity index (χ0v) is 12.5. The van der Waals surface area contributed by atoms with E-state index in [1.54, 1.807) is 0 Å². The van der Waals surface area contributed by atoms with Gasteiger partial charge in [0.15, 0.2) is 0 Å². The van der Waals surface area contributed by atoms with Crippen LogP contribution in [0.4, 0.5) is 0 Å². The van der Waals surface area contributed by atoms with E-state index in [1.165, 1.54) is 25.7 Å². The first-order valence-corrected chi connectivity index (χ1v) is 7.56. The molecule has 2 aliphatic rings. The van der Waals surface area contributed by atoms with Gasteiger partial charge in [-0.15, -0.1) is 12.4 Å². The molecule has 1 saturated carbocycles. The molecule has 1 amide bonds. The number of carbonyl (C=O) groups excluding carboxylic acids is 1. The highest BCUT2D eigenvalue weighted by atomic mass is 35.5. The third kappa shape index (κ3) is 4.85. The minimum Gasteiger partial charge on any atom is -0.480 e. The van der Waals surface area contributed by atoms with Crippen LogP contribution in [0.1, 0.15) is 25.7 Å². The topological polar surface area (TPSA) is 69.6 Å². The van der Waals surface area contributed by atoms with Gasteiger partial charge in [-0.1, -0.05) is 12.8 Å². The molecule has 5 nitrogen and oxygen atoms in total. The summed E-state index contributed by atoms with van der Waals surface area (Å²) in [5, 5.41) is 11.6. The predicted octanol–water partition coefficient (Wildman–Crippen LogP) is 0.969. The number of thioether (sulfide) groups is 1. The lowest BCUT2D eigenvalue weighted by molar-refractivity contribution is -0.138. The van der Waals surface area contributed by atoms with E-state index in [1.807, 2.05) is 11.8 Å². The summed E-state index contributed by atoms with van der Waals surface area (Å²) in [6.07, 6.45) is 4.97. The van der Waals surface area contributed by atoms with Gasteiger partial charge in [0, 0.05) is 23.6 Å². The van der Waals surface area contributed by atoms with Crippen molar-refractivity contribution in [2.24, 2.45) is 0 Å². The molecule has 1 heterocycles. The van der Waals surface area contributed by atoms with E-state index >= 15 is 0 Å². The number of rotatable bonds is 4. The van der Waals surface area contributed by atoms with Crippen molar-refractivity contribution in [3.63, 3.8) is 0 Å². The summed E-state index contributed by atoms with van der Waals surface area (Å²) in [6, 6.07) is 0.507. The maximum Gasteiger partial charge on any atom is 0.322 e. The van der Waals surface area contributed by atoms with Crippen LogP contribution in [0.25, 0.3) is 0 Å². The number of nitrogens with zero attached hydrogens (tertiary/aromatic N) is 1. The van der Waals surface area contributed by atoms with Gasteiger partial charge >= 0.3 is 5.97 Å². The molecule has 1 aliphatic carbocycles. The Hall–Kier alpha value is -0.460. The number of halogens is 1. The Morgan fingerprint density at radius 1 is 1.32 bits per heavy atom. The van der Waals surface area contributed by atoms with Crippen molar-refractivity contribution in [3.05, 3.63) is 0 Å². The number of nitrogens with one attached hydrogen (secondary N) is 1. The molecule has 2 fully saturated rings. The highest BCUT2D eigenvalue weighted by molar-refractivity contribution is 8.00. The summed E-state index contributed by atoms with van der Waals surface area (Å²) in [7, 11) is 0. The quantitative estimate of drug-likeness (QED) is 0.810. The molecule has 2 rings (SSSR count). The summed E-state index contributed by atoms with van der Waals surface area (Å²) in [5.74, 6) is -0.0883. The zero-order valence-electron chi connectivity index (χ0n) is 10.8. The fourth-order valence-electron chi connectivity index (χ4n) is 2.79. The lowest BCUT2D eigenvalue weighted by atomic mass is 9.93. The summed E-state index contributed by atoms with van der Waals surface area (Å²) in [4.78, 5) is 24.3. The molecule has 0 bridgehead atoms. The fourth-order valence-corrected chi connectivity index (χ4v) is 4.29. The number of carboxylic acid groups (broad SMARTS) is 1. The second-order valence-electron chi connectivity index (χ2n) is 4.90. The molecule has 1 saturated heterocycles. The number of carboxylic acids is 1. The summed E-state index contributed by atoms with van der Waals surface area (Å²) < 4.78 is 0. The largest absolute Gasteiger partial charge is 0.480 e. The third-order valence-corrected chi connectivity index (χ3v) is 5.03. The van der Waals surface area contributed by atoms with Gasteiger partial charge in [-0.05, 0) is 12.8 Å². The SMILES string of the molecule is Cl.O=C(O)CNC(=O)CN1CCSC2CCCCC21. The van der Waals surface area contributed by atoms with Crippen molar-refractivity contribution in [1.29, 1.82) is 0 Å². The average molecular weight is 309 g/mol. The van der Waals surface area contributed by atoms with E-state index in [2.05, 4.69) is 10.2 Å². The van der Waals surface area contributed by atoms with Crippen LogP contribution in [0, 0.1) is 0 Å². The molecule has 0 spiro atoms. The Balaban J connectivity index is 0.00000180. The summed E-state index contributed by atoms with van der Waals surface area (Å²) >= 11 is 2.03. The van der Waals surface area contributed by atoms with Gasteiger partial charge in [-0.3, -0.25) is 14.5 Å². The maximum absolute atomic E-state index is 11.7. The van der Waals surface area contributed by atoms with Gasteiger partial charge in [0.25, 0.3) is 0 Å². The number of hydrogen-bond acceptors (Lipinski definition) is 4. The number of hydrogen-bond donors (Lipinski definition) is 2. The van der Waals surface area contributed by atoms with Crippen LogP contribution < -0.4 is 5.32 Å². The van der Waals surface area contributed by atoms with Crippen LogP contribution in [0.3, 0.4) is 0 Å². The smallest absolute Gasteiger partial charge is 0.322 e. The van der Waals surface area contributed by atoms with Crippen molar-refractivity contribution in [2.75, 3.05) is 25.4 Å². The van der Waals surface area contributed by atoms with Crippen LogP contribution in [0.5, 0.6) is 0 Å². The minimum atomic E-state index is -0.993. The maximum atomic E-state index is 11.7. The molecule has 0 aromatic carbocycles. The van der Waals surface area contributed by atoms with E-state index in [-0.39, 0.29) is 24.9 Å². The molecule has 19 heavy (non-hydrogen) atoms. The Kier molecular flexibility index (Phi) is 6.96. The molecule has 2 unspecified atom stereocenters. The Morgan fingerprint density at radius 3 is 2.79 bits per heavy atom. The summed E-state index contributed by atoms with van der Waals surface area (Å²) in [6.45, 7) is 0.997. The third-order valence-electron chi connectivity index (χ3n) is 3.63. The molecular weight excluding hydrogens is 288 g/mol. The average Bonchev–Trinajstić information content (AvgIpc) is 2.37.